The maximum Gasteiger partial charge on any atom is 0.159 e. The van der Waals surface area contributed by atoms with Crippen LogP contribution in [0.4, 0.5) is 0 Å². The highest BCUT2D eigenvalue weighted by Crippen LogP contribution is 2.48. The largest absolute Gasteiger partial charge is 0.461 e. The van der Waals surface area contributed by atoms with Gasteiger partial charge in [-0.3, -0.25) is 0 Å². The van der Waals surface area contributed by atoms with Crippen molar-refractivity contribution >= 4 is 45.8 Å². The Hall–Kier alpha value is -6.66. The first kappa shape index (κ1) is 32.6. The predicted octanol–water partition coefficient (Wildman–Crippen LogP) is 11.5. The maximum absolute atomic E-state index is 6.74. The van der Waals surface area contributed by atoms with Crippen molar-refractivity contribution in [3.63, 3.8) is 0 Å². The molecule has 6 heteroatoms. The number of aromatic nitrogens is 1. The minimum absolute atomic E-state index is 0.211. The molecule has 12 rings (SSSR count). The third-order valence-electron chi connectivity index (χ3n) is 12.5. The number of nitrogens with one attached hydrogen (secondary N) is 1. The van der Waals surface area contributed by atoms with Crippen LogP contribution in [0.25, 0.3) is 50.9 Å². The molecule has 4 aromatic carbocycles. The van der Waals surface area contributed by atoms with Gasteiger partial charge in [-0.05, 0) is 121 Å². The van der Waals surface area contributed by atoms with Crippen molar-refractivity contribution in [1.82, 2.24) is 9.88 Å². The van der Waals surface area contributed by atoms with E-state index in [9.17, 15) is 0 Å². The zero-order valence-electron chi connectivity index (χ0n) is 31.5. The Labute approximate surface area is 331 Å². The lowest BCUT2D eigenvalue weighted by Gasteiger charge is -2.26. The molecule has 2 aromatic heterocycles. The molecule has 0 amide bonds. The molecule has 4 aliphatic carbocycles. The number of amidine groups is 2. The molecule has 57 heavy (non-hydrogen) atoms. The number of hydrogen-bond acceptors (Lipinski definition) is 5. The monoisotopic (exact) mass is 740 g/mol. The summed E-state index contributed by atoms with van der Waals surface area (Å²) < 4.78 is 15.7. The number of nitrogens with zero attached hydrogens (tertiary/aromatic N) is 3. The summed E-state index contributed by atoms with van der Waals surface area (Å²) in [7, 11) is 0. The number of allylic oxidation sites excluding steroid dienone is 7. The molecule has 0 fully saturated rings. The van der Waals surface area contributed by atoms with Gasteiger partial charge in [-0.25, -0.2) is 9.98 Å². The van der Waals surface area contributed by atoms with Gasteiger partial charge in [-0.15, -0.1) is 0 Å². The molecule has 1 N–H and O–H groups in total. The summed E-state index contributed by atoms with van der Waals surface area (Å²) in [4.78, 5) is 10.4. The van der Waals surface area contributed by atoms with Crippen molar-refractivity contribution in [1.29, 1.82) is 0 Å². The van der Waals surface area contributed by atoms with Crippen LogP contribution in [0.15, 0.2) is 165 Å². The molecule has 0 bridgehead atoms. The van der Waals surface area contributed by atoms with E-state index >= 15 is 0 Å². The number of fused-ring (bicyclic) bond motifs is 8. The minimum Gasteiger partial charge on any atom is -0.461 e. The van der Waals surface area contributed by atoms with Gasteiger partial charge in [0.15, 0.2) is 5.84 Å². The molecule has 276 valence electrons. The third kappa shape index (κ3) is 5.38. The van der Waals surface area contributed by atoms with Gasteiger partial charge in [0.05, 0.1) is 5.69 Å². The summed E-state index contributed by atoms with van der Waals surface area (Å²) in [6, 6.07) is 32.2. The molecule has 0 spiro atoms. The first-order chi connectivity index (χ1) is 28.2. The first-order valence-corrected chi connectivity index (χ1v) is 20.4. The lowest BCUT2D eigenvalue weighted by atomic mass is 9.82. The SMILES string of the molecule is C1=CCCC(C2N=C(c3ccc4c(c3)oc3cc(-n5c6c(c7c5C=C5OC8=C(CCC=C8)C5C7)CCC=C6)ccc34)N=C(c3cccc(-c4ccccc4)c3)N2)=C1. The standard InChI is InChI=1S/C51H40N4O2/c1-3-12-31(13-4-1)33-16-11-17-34(26-33)50-52-49(32-14-5-2-6-15-32)53-51(54-50)35-22-24-39-40-25-23-36(28-47(40)57-46(39)27-35)55-43-20-9-7-18-37(43)41-29-42-38-19-8-10-21-45(38)56-48(42)30-44(41)55/h1-5,9-14,16-17,20-28,30,42,49H,6-8,15,18-19,29H2,(H,52,53,54). The van der Waals surface area contributed by atoms with E-state index in [1.165, 1.54) is 39.2 Å². The summed E-state index contributed by atoms with van der Waals surface area (Å²) in [5.74, 6) is 4.02. The number of benzene rings is 4. The Kier molecular flexibility index (Phi) is 7.40. The average molecular weight is 741 g/mol. The van der Waals surface area contributed by atoms with Gasteiger partial charge in [-0.2, -0.15) is 0 Å². The van der Waals surface area contributed by atoms with E-state index in [1.54, 1.807) is 0 Å². The second-order valence-electron chi connectivity index (χ2n) is 15.8. The second-order valence-corrected chi connectivity index (χ2v) is 15.8. The lowest BCUT2D eigenvalue weighted by molar-refractivity contribution is 0.319. The van der Waals surface area contributed by atoms with Crippen LogP contribution in [-0.2, 0) is 17.6 Å². The number of rotatable bonds is 5. The Morgan fingerprint density at radius 2 is 1.51 bits per heavy atom. The van der Waals surface area contributed by atoms with Gasteiger partial charge in [-0.1, -0.05) is 85.0 Å². The molecule has 0 radical (unpaired) electrons. The van der Waals surface area contributed by atoms with Gasteiger partial charge >= 0.3 is 0 Å². The van der Waals surface area contributed by atoms with Crippen molar-refractivity contribution in [2.45, 2.75) is 51.1 Å². The highest BCUT2D eigenvalue weighted by molar-refractivity contribution is 6.15. The fourth-order valence-electron chi connectivity index (χ4n) is 9.69. The van der Waals surface area contributed by atoms with E-state index in [1.807, 2.05) is 0 Å². The predicted molar refractivity (Wildman–Crippen MR) is 230 cm³/mol. The normalized spacial score (nSPS) is 20.6. The highest BCUT2D eigenvalue weighted by Gasteiger charge is 2.38. The van der Waals surface area contributed by atoms with Crippen LogP contribution in [-0.4, -0.2) is 22.4 Å². The third-order valence-corrected chi connectivity index (χ3v) is 12.5. The van der Waals surface area contributed by atoms with Gasteiger partial charge in [0, 0.05) is 51.3 Å². The van der Waals surface area contributed by atoms with Crippen LogP contribution >= 0.6 is 0 Å². The molecule has 4 heterocycles. The minimum atomic E-state index is -0.211. The van der Waals surface area contributed by atoms with Gasteiger partial charge in [0.2, 0.25) is 0 Å². The Morgan fingerprint density at radius 3 is 2.42 bits per heavy atom. The van der Waals surface area contributed by atoms with E-state index < -0.39 is 0 Å². The quantitative estimate of drug-likeness (QED) is 0.191. The van der Waals surface area contributed by atoms with E-state index in [0.29, 0.717) is 11.8 Å². The van der Waals surface area contributed by atoms with Crippen molar-refractivity contribution in [2.24, 2.45) is 15.9 Å². The molecule has 6 nitrogen and oxygen atoms in total. The smallest absolute Gasteiger partial charge is 0.159 e. The summed E-state index contributed by atoms with van der Waals surface area (Å²) in [6.07, 6.45) is 25.0. The molecule has 2 atom stereocenters. The van der Waals surface area contributed by atoms with Crippen LogP contribution in [0.5, 0.6) is 0 Å². The van der Waals surface area contributed by atoms with Crippen molar-refractivity contribution in [2.75, 3.05) is 0 Å². The van der Waals surface area contributed by atoms with Crippen LogP contribution in [0.2, 0.25) is 0 Å². The van der Waals surface area contributed by atoms with E-state index in [4.69, 9.17) is 19.1 Å². The molecular formula is C51H40N4O2. The van der Waals surface area contributed by atoms with Gasteiger partial charge in [0.25, 0.3) is 0 Å². The highest BCUT2D eigenvalue weighted by atomic mass is 16.5. The number of hydrogen-bond donors (Lipinski definition) is 1. The molecule has 0 saturated carbocycles. The molecular weight excluding hydrogens is 701 g/mol. The van der Waals surface area contributed by atoms with Crippen molar-refractivity contribution in [3.05, 3.63) is 184 Å². The summed E-state index contributed by atoms with van der Waals surface area (Å²) in [5.41, 5.74) is 15.3. The van der Waals surface area contributed by atoms with Crippen LogP contribution in [0.1, 0.15) is 65.7 Å². The van der Waals surface area contributed by atoms with Crippen LogP contribution in [0.3, 0.4) is 0 Å². The summed E-state index contributed by atoms with van der Waals surface area (Å²) in [5, 5.41) is 5.85. The Morgan fingerprint density at radius 1 is 0.684 bits per heavy atom. The van der Waals surface area contributed by atoms with Crippen LogP contribution in [0, 0.1) is 5.92 Å². The summed E-state index contributed by atoms with van der Waals surface area (Å²) in [6.45, 7) is 0. The van der Waals surface area contributed by atoms with Crippen LogP contribution < -0.4 is 5.32 Å². The maximum atomic E-state index is 6.74. The lowest BCUT2D eigenvalue weighted by Crippen LogP contribution is -2.40. The van der Waals surface area contributed by atoms with E-state index in [2.05, 4.69) is 149 Å². The molecule has 2 aliphatic heterocycles. The molecule has 0 saturated heterocycles. The van der Waals surface area contributed by atoms with E-state index in [0.717, 1.165) is 107 Å². The van der Waals surface area contributed by atoms with E-state index in [-0.39, 0.29) is 6.17 Å². The molecule has 6 aliphatic rings. The van der Waals surface area contributed by atoms with Crippen molar-refractivity contribution < 1.29 is 9.15 Å². The first-order valence-electron chi connectivity index (χ1n) is 20.4. The average Bonchev–Trinajstić information content (AvgIpc) is 3.94. The zero-order valence-corrected chi connectivity index (χ0v) is 31.5. The summed E-state index contributed by atoms with van der Waals surface area (Å²) >= 11 is 0. The number of aliphatic imine (C=N–C) groups is 2. The zero-order chi connectivity index (χ0) is 37.5. The van der Waals surface area contributed by atoms with Gasteiger partial charge < -0.3 is 19.0 Å². The Balaban J connectivity index is 0.933. The number of ether oxygens (including phenoxy) is 1. The Bertz CT molecular complexity index is 2940. The molecule has 6 aromatic rings. The number of furan rings is 1. The van der Waals surface area contributed by atoms with Gasteiger partial charge in [0.1, 0.15) is 34.7 Å². The fourth-order valence-corrected chi connectivity index (χ4v) is 9.69. The molecule has 2 unspecified atom stereocenters. The second kappa shape index (κ2) is 13.0. The van der Waals surface area contributed by atoms with Crippen molar-refractivity contribution in [3.8, 4) is 16.8 Å². The topological polar surface area (TPSA) is 64.0 Å². The fraction of sp³-hybridized carbons (Fsp3) is 0.176.